The number of aliphatic hydroxyl groups excluding tert-OH is 1. The average molecular weight is 235 g/mol. The summed E-state index contributed by atoms with van der Waals surface area (Å²) >= 11 is 0. The molecule has 0 aliphatic heterocycles. The van der Waals surface area contributed by atoms with Gasteiger partial charge in [-0.05, 0) is 37.9 Å². The molecule has 1 aromatic carbocycles. The van der Waals surface area contributed by atoms with E-state index in [1.54, 1.807) is 0 Å². The summed E-state index contributed by atoms with van der Waals surface area (Å²) in [5, 5.41) is 8.87. The standard InChI is InChI=1S/C15H25NO/c1-13-5-7-14(8-6-13)15(2,3)9-10-16(4)11-12-17/h5-8,17H,9-12H2,1-4H3. The zero-order chi connectivity index (χ0) is 12.9. The molecule has 1 N–H and O–H groups in total. The Morgan fingerprint density at radius 3 is 2.24 bits per heavy atom. The van der Waals surface area contributed by atoms with Gasteiger partial charge in [0.25, 0.3) is 0 Å². The summed E-state index contributed by atoms with van der Waals surface area (Å²) in [6.07, 6.45) is 1.10. The molecule has 0 radical (unpaired) electrons. The van der Waals surface area contributed by atoms with Gasteiger partial charge in [0.05, 0.1) is 6.61 Å². The first-order valence-corrected chi connectivity index (χ1v) is 6.32. The van der Waals surface area contributed by atoms with Gasteiger partial charge in [-0.15, -0.1) is 0 Å². The molecule has 0 saturated heterocycles. The van der Waals surface area contributed by atoms with Crippen molar-refractivity contribution in [3.63, 3.8) is 0 Å². The second kappa shape index (κ2) is 6.18. The Hall–Kier alpha value is -0.860. The van der Waals surface area contributed by atoms with Crippen molar-refractivity contribution in [2.24, 2.45) is 0 Å². The number of hydrogen-bond donors (Lipinski definition) is 1. The van der Waals surface area contributed by atoms with E-state index < -0.39 is 0 Å². The molecule has 2 nitrogen and oxygen atoms in total. The summed E-state index contributed by atoms with van der Waals surface area (Å²) in [5.74, 6) is 0. The van der Waals surface area contributed by atoms with Gasteiger partial charge in [0.2, 0.25) is 0 Å². The molecule has 0 saturated carbocycles. The molecule has 1 rings (SSSR count). The Balaban J connectivity index is 2.58. The van der Waals surface area contributed by atoms with E-state index >= 15 is 0 Å². The maximum Gasteiger partial charge on any atom is 0.0558 e. The van der Waals surface area contributed by atoms with Crippen LogP contribution in [0.1, 0.15) is 31.4 Å². The SMILES string of the molecule is Cc1ccc(C(C)(C)CCN(C)CCO)cc1. The fourth-order valence-electron chi connectivity index (χ4n) is 1.90. The number of likely N-dealkylation sites (N-methyl/N-ethyl adjacent to an activating group) is 1. The lowest BCUT2D eigenvalue weighted by molar-refractivity contribution is 0.211. The van der Waals surface area contributed by atoms with E-state index in [0.717, 1.165) is 19.5 Å². The molecule has 0 heterocycles. The van der Waals surface area contributed by atoms with Crippen molar-refractivity contribution in [2.75, 3.05) is 26.7 Å². The Kier molecular flexibility index (Phi) is 5.16. The van der Waals surface area contributed by atoms with Crippen LogP contribution in [0.5, 0.6) is 0 Å². The van der Waals surface area contributed by atoms with Crippen LogP contribution >= 0.6 is 0 Å². The maximum absolute atomic E-state index is 8.87. The minimum Gasteiger partial charge on any atom is -0.395 e. The van der Waals surface area contributed by atoms with Crippen molar-refractivity contribution in [3.8, 4) is 0 Å². The van der Waals surface area contributed by atoms with E-state index in [0.29, 0.717) is 0 Å². The van der Waals surface area contributed by atoms with Crippen LogP contribution in [0.2, 0.25) is 0 Å². The number of aliphatic hydroxyl groups is 1. The lowest BCUT2D eigenvalue weighted by atomic mass is 9.81. The highest BCUT2D eigenvalue weighted by Gasteiger charge is 2.20. The zero-order valence-corrected chi connectivity index (χ0v) is 11.5. The number of benzene rings is 1. The predicted molar refractivity (Wildman–Crippen MR) is 73.4 cm³/mol. The van der Waals surface area contributed by atoms with Crippen molar-refractivity contribution >= 4 is 0 Å². The minimum absolute atomic E-state index is 0.192. The molecule has 0 atom stereocenters. The molecule has 2 heteroatoms. The lowest BCUT2D eigenvalue weighted by Gasteiger charge is -2.28. The van der Waals surface area contributed by atoms with Crippen LogP contribution < -0.4 is 0 Å². The van der Waals surface area contributed by atoms with Gasteiger partial charge < -0.3 is 10.0 Å². The molecule has 0 unspecified atom stereocenters. The zero-order valence-electron chi connectivity index (χ0n) is 11.5. The van der Waals surface area contributed by atoms with Crippen LogP contribution in [0.25, 0.3) is 0 Å². The number of aryl methyl sites for hydroxylation is 1. The molecule has 0 fully saturated rings. The first-order chi connectivity index (χ1) is 7.95. The van der Waals surface area contributed by atoms with Gasteiger partial charge in [-0.25, -0.2) is 0 Å². The molecule has 0 aliphatic carbocycles. The monoisotopic (exact) mass is 235 g/mol. The molecule has 1 aromatic rings. The van der Waals surface area contributed by atoms with E-state index in [-0.39, 0.29) is 12.0 Å². The fraction of sp³-hybridized carbons (Fsp3) is 0.600. The van der Waals surface area contributed by atoms with Crippen LogP contribution in [0.4, 0.5) is 0 Å². The summed E-state index contributed by atoms with van der Waals surface area (Å²) in [7, 11) is 2.06. The Labute approximate surface area is 105 Å². The Morgan fingerprint density at radius 2 is 1.71 bits per heavy atom. The van der Waals surface area contributed by atoms with E-state index in [1.165, 1.54) is 11.1 Å². The number of rotatable bonds is 6. The third kappa shape index (κ3) is 4.49. The van der Waals surface area contributed by atoms with Crippen LogP contribution in [0.15, 0.2) is 24.3 Å². The largest absolute Gasteiger partial charge is 0.395 e. The van der Waals surface area contributed by atoms with Gasteiger partial charge >= 0.3 is 0 Å². The summed E-state index contributed by atoms with van der Waals surface area (Å²) < 4.78 is 0. The second-order valence-corrected chi connectivity index (χ2v) is 5.53. The third-order valence-corrected chi connectivity index (χ3v) is 3.43. The normalized spacial score (nSPS) is 12.1. The molecular formula is C15H25NO. The summed E-state index contributed by atoms with van der Waals surface area (Å²) in [5.41, 5.74) is 2.89. The highest BCUT2D eigenvalue weighted by Crippen LogP contribution is 2.27. The highest BCUT2D eigenvalue weighted by atomic mass is 16.3. The van der Waals surface area contributed by atoms with Gasteiger partial charge in [0.1, 0.15) is 0 Å². The van der Waals surface area contributed by atoms with Gasteiger partial charge in [-0.3, -0.25) is 0 Å². The van der Waals surface area contributed by atoms with Gasteiger partial charge in [-0.1, -0.05) is 43.7 Å². The summed E-state index contributed by atoms with van der Waals surface area (Å²) in [4.78, 5) is 2.18. The minimum atomic E-state index is 0.192. The Morgan fingerprint density at radius 1 is 1.12 bits per heavy atom. The van der Waals surface area contributed by atoms with Crippen molar-refractivity contribution < 1.29 is 5.11 Å². The molecule has 0 aliphatic rings. The summed E-state index contributed by atoms with van der Waals surface area (Å²) in [6.45, 7) is 8.69. The third-order valence-electron chi connectivity index (χ3n) is 3.43. The van der Waals surface area contributed by atoms with E-state index in [9.17, 15) is 0 Å². The second-order valence-electron chi connectivity index (χ2n) is 5.53. The van der Waals surface area contributed by atoms with Crippen molar-refractivity contribution in [1.82, 2.24) is 4.90 Å². The van der Waals surface area contributed by atoms with Crippen molar-refractivity contribution in [2.45, 2.75) is 32.6 Å². The predicted octanol–water partition coefficient (Wildman–Crippen LogP) is 2.59. The highest BCUT2D eigenvalue weighted by molar-refractivity contribution is 5.27. The Bertz CT molecular complexity index is 329. The summed E-state index contributed by atoms with van der Waals surface area (Å²) in [6, 6.07) is 8.80. The molecule has 0 bridgehead atoms. The van der Waals surface area contributed by atoms with Crippen LogP contribution in [0, 0.1) is 6.92 Å². The van der Waals surface area contributed by atoms with Crippen molar-refractivity contribution in [1.29, 1.82) is 0 Å². The quantitative estimate of drug-likeness (QED) is 0.819. The van der Waals surface area contributed by atoms with Crippen LogP contribution in [-0.4, -0.2) is 36.8 Å². The van der Waals surface area contributed by atoms with Crippen LogP contribution in [-0.2, 0) is 5.41 Å². The molecule has 0 spiro atoms. The average Bonchev–Trinajstić information content (AvgIpc) is 2.28. The smallest absolute Gasteiger partial charge is 0.0558 e. The molecule has 0 amide bonds. The molecule has 96 valence electrons. The van der Waals surface area contributed by atoms with Gasteiger partial charge in [0, 0.05) is 6.54 Å². The lowest BCUT2D eigenvalue weighted by Crippen LogP contribution is -2.29. The maximum atomic E-state index is 8.87. The molecular weight excluding hydrogens is 210 g/mol. The van der Waals surface area contributed by atoms with E-state index in [2.05, 4.69) is 57.0 Å². The van der Waals surface area contributed by atoms with Gasteiger partial charge in [0.15, 0.2) is 0 Å². The van der Waals surface area contributed by atoms with Crippen molar-refractivity contribution in [3.05, 3.63) is 35.4 Å². The molecule has 0 aromatic heterocycles. The fourth-order valence-corrected chi connectivity index (χ4v) is 1.90. The van der Waals surface area contributed by atoms with E-state index in [4.69, 9.17) is 5.11 Å². The van der Waals surface area contributed by atoms with E-state index in [1.807, 2.05) is 0 Å². The first kappa shape index (κ1) is 14.2. The first-order valence-electron chi connectivity index (χ1n) is 6.32. The topological polar surface area (TPSA) is 23.5 Å². The number of hydrogen-bond acceptors (Lipinski definition) is 2. The molecule has 17 heavy (non-hydrogen) atoms. The van der Waals surface area contributed by atoms with Gasteiger partial charge in [-0.2, -0.15) is 0 Å². The van der Waals surface area contributed by atoms with Crippen LogP contribution in [0.3, 0.4) is 0 Å². The number of nitrogens with zero attached hydrogens (tertiary/aromatic N) is 1.